The molecule has 3 N–H and O–H groups in total. The van der Waals surface area contributed by atoms with Gasteiger partial charge in [0.2, 0.25) is 10.0 Å². The monoisotopic (exact) mass is 366 g/mol. The number of sulfonamides is 1. The van der Waals surface area contributed by atoms with Gasteiger partial charge in [0.15, 0.2) is 0 Å². The Morgan fingerprint density at radius 1 is 1.08 bits per heavy atom. The molecule has 0 spiro atoms. The van der Waals surface area contributed by atoms with Crippen molar-refractivity contribution >= 4 is 22.4 Å². The van der Waals surface area contributed by atoms with Crippen molar-refractivity contribution in [2.24, 2.45) is 11.7 Å². The van der Waals surface area contributed by atoms with Crippen LogP contribution in [0.15, 0.2) is 59.5 Å². The highest BCUT2D eigenvalue weighted by molar-refractivity contribution is 7.89. The van der Waals surface area contributed by atoms with E-state index < -0.39 is 15.6 Å². The minimum atomic E-state index is -3.60. The molecule has 1 unspecified atom stereocenters. The van der Waals surface area contributed by atoms with E-state index in [-0.39, 0.29) is 17.3 Å². The molecule has 1 atom stereocenters. The third kappa shape index (κ3) is 3.98. The molecule has 0 heterocycles. The standard InChI is InChI=1S/C18H22N2O2S.ClH/c1-18(13-19,16-10-11-16)20-23(21,22)17-9-5-8-15(12-17)14-6-3-2-4-7-14;/h2-9,12,16,20H,10-11,13,19H2,1H3;1H. The van der Waals surface area contributed by atoms with Crippen LogP contribution in [0, 0.1) is 5.92 Å². The highest BCUT2D eigenvalue weighted by Crippen LogP contribution is 2.39. The van der Waals surface area contributed by atoms with Crippen molar-refractivity contribution in [1.82, 2.24) is 4.72 Å². The first-order valence-corrected chi connectivity index (χ1v) is 9.32. The van der Waals surface area contributed by atoms with Crippen molar-refractivity contribution in [2.45, 2.75) is 30.2 Å². The van der Waals surface area contributed by atoms with Crippen molar-refractivity contribution in [3.8, 4) is 11.1 Å². The first-order valence-electron chi connectivity index (χ1n) is 7.84. The third-order valence-corrected chi connectivity index (χ3v) is 6.13. The second kappa shape index (κ2) is 7.23. The lowest BCUT2D eigenvalue weighted by atomic mass is 9.98. The Kier molecular flexibility index (Phi) is 5.71. The number of hydrogen-bond acceptors (Lipinski definition) is 3. The highest BCUT2D eigenvalue weighted by atomic mass is 35.5. The Morgan fingerprint density at radius 3 is 2.29 bits per heavy atom. The van der Waals surface area contributed by atoms with Gasteiger partial charge in [-0.3, -0.25) is 0 Å². The van der Waals surface area contributed by atoms with Gasteiger partial charge in [0.25, 0.3) is 0 Å². The van der Waals surface area contributed by atoms with Gasteiger partial charge in [-0.1, -0.05) is 42.5 Å². The predicted octanol–water partition coefficient (Wildman–Crippen LogP) is 3.18. The van der Waals surface area contributed by atoms with Crippen molar-refractivity contribution in [3.05, 3.63) is 54.6 Å². The van der Waals surface area contributed by atoms with Gasteiger partial charge in [0.05, 0.1) is 4.90 Å². The van der Waals surface area contributed by atoms with E-state index in [4.69, 9.17) is 5.73 Å². The van der Waals surface area contributed by atoms with E-state index in [9.17, 15) is 8.42 Å². The number of nitrogens with one attached hydrogen (secondary N) is 1. The summed E-state index contributed by atoms with van der Waals surface area (Å²) in [6.45, 7) is 2.19. The molecule has 3 rings (SSSR count). The lowest BCUT2D eigenvalue weighted by Gasteiger charge is -2.29. The molecule has 2 aromatic carbocycles. The van der Waals surface area contributed by atoms with Crippen LogP contribution in [-0.4, -0.2) is 20.5 Å². The maximum Gasteiger partial charge on any atom is 0.241 e. The Bertz CT molecular complexity index is 792. The fourth-order valence-electron chi connectivity index (χ4n) is 2.85. The molecule has 0 aliphatic heterocycles. The zero-order valence-electron chi connectivity index (χ0n) is 13.6. The molecule has 0 aromatic heterocycles. The van der Waals surface area contributed by atoms with Gasteiger partial charge in [-0.15, -0.1) is 12.4 Å². The average Bonchev–Trinajstić information content (AvgIpc) is 3.41. The van der Waals surface area contributed by atoms with Gasteiger partial charge in [0.1, 0.15) is 0 Å². The maximum atomic E-state index is 12.8. The summed E-state index contributed by atoms with van der Waals surface area (Å²) in [6.07, 6.45) is 2.06. The fourth-order valence-corrected chi connectivity index (χ4v) is 4.37. The minimum Gasteiger partial charge on any atom is -0.329 e. The van der Waals surface area contributed by atoms with Crippen LogP contribution in [0.25, 0.3) is 11.1 Å². The lowest BCUT2D eigenvalue weighted by molar-refractivity contribution is 0.374. The summed E-state index contributed by atoms with van der Waals surface area (Å²) < 4.78 is 28.3. The van der Waals surface area contributed by atoms with Gasteiger partial charge < -0.3 is 5.73 Å². The highest BCUT2D eigenvalue weighted by Gasteiger charge is 2.43. The van der Waals surface area contributed by atoms with Crippen LogP contribution < -0.4 is 10.5 Å². The lowest BCUT2D eigenvalue weighted by Crippen LogP contribution is -2.52. The molecule has 1 fully saturated rings. The SMILES string of the molecule is CC(CN)(NS(=O)(=O)c1cccc(-c2ccccc2)c1)C1CC1.Cl. The van der Waals surface area contributed by atoms with Crippen LogP contribution in [0.3, 0.4) is 0 Å². The molecule has 0 saturated heterocycles. The first kappa shape index (κ1) is 18.9. The Balaban J connectivity index is 0.00000208. The molecule has 0 bridgehead atoms. The predicted molar refractivity (Wildman–Crippen MR) is 99.6 cm³/mol. The van der Waals surface area contributed by atoms with Crippen LogP contribution in [-0.2, 0) is 10.0 Å². The number of hydrogen-bond donors (Lipinski definition) is 2. The second-order valence-corrected chi connectivity index (χ2v) is 8.08. The van der Waals surface area contributed by atoms with E-state index in [0.29, 0.717) is 12.5 Å². The molecule has 1 aliphatic rings. The van der Waals surface area contributed by atoms with Gasteiger partial charge in [0, 0.05) is 12.1 Å². The Hall–Kier alpha value is -1.40. The van der Waals surface area contributed by atoms with E-state index in [2.05, 4.69) is 4.72 Å². The first-order chi connectivity index (χ1) is 10.9. The number of nitrogens with two attached hydrogens (primary N) is 1. The van der Waals surface area contributed by atoms with Gasteiger partial charge in [-0.2, -0.15) is 0 Å². The largest absolute Gasteiger partial charge is 0.329 e. The molecular weight excluding hydrogens is 344 g/mol. The molecule has 0 radical (unpaired) electrons. The van der Waals surface area contributed by atoms with Crippen LogP contribution in [0.1, 0.15) is 19.8 Å². The molecule has 6 heteroatoms. The minimum absolute atomic E-state index is 0. The Morgan fingerprint density at radius 2 is 1.71 bits per heavy atom. The molecule has 1 saturated carbocycles. The molecule has 4 nitrogen and oxygen atoms in total. The van der Waals surface area contributed by atoms with Crippen molar-refractivity contribution < 1.29 is 8.42 Å². The van der Waals surface area contributed by atoms with E-state index in [0.717, 1.165) is 24.0 Å². The number of rotatable bonds is 6. The van der Waals surface area contributed by atoms with Crippen molar-refractivity contribution in [1.29, 1.82) is 0 Å². The molecule has 24 heavy (non-hydrogen) atoms. The summed E-state index contributed by atoms with van der Waals surface area (Å²) >= 11 is 0. The zero-order chi connectivity index (χ0) is 16.5. The van der Waals surface area contributed by atoms with Crippen LogP contribution in [0.2, 0.25) is 0 Å². The van der Waals surface area contributed by atoms with Gasteiger partial charge in [-0.25, -0.2) is 13.1 Å². The molecule has 1 aliphatic carbocycles. The number of benzene rings is 2. The van der Waals surface area contributed by atoms with Gasteiger partial charge >= 0.3 is 0 Å². The van der Waals surface area contributed by atoms with E-state index in [1.807, 2.05) is 43.3 Å². The molecule has 2 aromatic rings. The van der Waals surface area contributed by atoms with Crippen LogP contribution >= 0.6 is 12.4 Å². The molecule has 130 valence electrons. The van der Waals surface area contributed by atoms with E-state index in [1.54, 1.807) is 18.2 Å². The average molecular weight is 367 g/mol. The summed E-state index contributed by atoms with van der Waals surface area (Å²) in [4.78, 5) is 0.277. The van der Waals surface area contributed by atoms with Gasteiger partial charge in [-0.05, 0) is 48.9 Å². The summed E-state index contributed by atoms with van der Waals surface area (Å²) in [5.41, 5.74) is 7.14. The zero-order valence-corrected chi connectivity index (χ0v) is 15.2. The normalized spacial score (nSPS) is 16.9. The van der Waals surface area contributed by atoms with Crippen LogP contribution in [0.5, 0.6) is 0 Å². The maximum absolute atomic E-state index is 12.8. The summed E-state index contributed by atoms with van der Waals surface area (Å²) in [7, 11) is -3.60. The van der Waals surface area contributed by atoms with Crippen molar-refractivity contribution in [2.75, 3.05) is 6.54 Å². The Labute approximate surface area is 149 Å². The quantitative estimate of drug-likeness (QED) is 0.824. The van der Waals surface area contributed by atoms with Crippen LogP contribution in [0.4, 0.5) is 0 Å². The number of halogens is 1. The molecular formula is C18H23ClN2O2S. The summed E-state index contributed by atoms with van der Waals surface area (Å²) in [5, 5.41) is 0. The molecule has 0 amide bonds. The fraction of sp³-hybridized carbons (Fsp3) is 0.333. The summed E-state index contributed by atoms with van der Waals surface area (Å²) in [6, 6.07) is 16.8. The van der Waals surface area contributed by atoms with E-state index in [1.165, 1.54) is 0 Å². The third-order valence-electron chi connectivity index (χ3n) is 4.52. The summed E-state index contributed by atoms with van der Waals surface area (Å²) in [5.74, 6) is 0.333. The van der Waals surface area contributed by atoms with E-state index >= 15 is 0 Å². The van der Waals surface area contributed by atoms with Crippen molar-refractivity contribution in [3.63, 3.8) is 0 Å². The second-order valence-electron chi connectivity index (χ2n) is 6.40. The smallest absolute Gasteiger partial charge is 0.241 e. The topological polar surface area (TPSA) is 72.2 Å².